The van der Waals surface area contributed by atoms with Crippen molar-refractivity contribution < 1.29 is 9.31 Å². The maximum Gasteiger partial charge on any atom is 0.276 e. The lowest BCUT2D eigenvalue weighted by atomic mass is 10.1. The molecule has 2 rings (SSSR count). The number of nitrogens with two attached hydrogens (primary N) is 1. The Labute approximate surface area is 120 Å². The van der Waals surface area contributed by atoms with Gasteiger partial charge in [0.1, 0.15) is 17.5 Å². The van der Waals surface area contributed by atoms with Gasteiger partial charge in [-0.05, 0) is 18.1 Å². The molecule has 7 nitrogen and oxygen atoms in total. The van der Waals surface area contributed by atoms with E-state index < -0.39 is 4.92 Å². The van der Waals surface area contributed by atoms with E-state index in [1.165, 1.54) is 18.2 Å². The van der Waals surface area contributed by atoms with E-state index in [1.807, 2.05) is 0 Å². The highest BCUT2D eigenvalue weighted by Crippen LogP contribution is 2.20. The van der Waals surface area contributed by atoms with Crippen molar-refractivity contribution in [3.63, 3.8) is 0 Å². The summed E-state index contributed by atoms with van der Waals surface area (Å²) in [4.78, 5) is 14.3. The van der Waals surface area contributed by atoms with E-state index in [2.05, 4.69) is 15.7 Å². The van der Waals surface area contributed by atoms with E-state index in [1.54, 1.807) is 18.2 Å². The fourth-order valence-corrected chi connectivity index (χ4v) is 1.81. The van der Waals surface area contributed by atoms with Crippen LogP contribution in [0.25, 0.3) is 0 Å². The Bertz CT molecular complexity index is 650. The van der Waals surface area contributed by atoms with Gasteiger partial charge in [0.05, 0.1) is 17.1 Å². The molecule has 0 fully saturated rings. The number of nitrogens with zero attached hydrogens (tertiary/aromatic N) is 2. The number of rotatable bonds is 6. The number of hydrogen-bond donors (Lipinski definition) is 3. The van der Waals surface area contributed by atoms with Crippen molar-refractivity contribution in [3.05, 3.63) is 57.9 Å². The Morgan fingerprint density at radius 3 is 2.67 bits per heavy atom. The van der Waals surface area contributed by atoms with Crippen molar-refractivity contribution in [1.29, 1.82) is 0 Å². The van der Waals surface area contributed by atoms with Crippen LogP contribution in [0.15, 0.2) is 36.4 Å². The fourth-order valence-electron chi connectivity index (χ4n) is 1.81. The van der Waals surface area contributed by atoms with Gasteiger partial charge in [-0.2, -0.15) is 0 Å². The Hall–Kier alpha value is -2.74. The summed E-state index contributed by atoms with van der Waals surface area (Å²) in [6, 6.07) is 8.96. The normalized spacial score (nSPS) is 10.2. The van der Waals surface area contributed by atoms with Gasteiger partial charge >= 0.3 is 0 Å². The molecule has 2 aromatic rings. The van der Waals surface area contributed by atoms with Gasteiger partial charge in [-0.25, -0.2) is 15.2 Å². The average Bonchev–Trinajstić information content (AvgIpc) is 2.49. The summed E-state index contributed by atoms with van der Waals surface area (Å²) in [5, 5.41) is 13.7. The lowest BCUT2D eigenvalue weighted by Gasteiger charge is -2.08. The number of nitrogens with one attached hydrogen (secondary N) is 2. The summed E-state index contributed by atoms with van der Waals surface area (Å²) in [6.07, 6.45) is 0.433. The first-order valence-corrected chi connectivity index (χ1v) is 6.20. The lowest BCUT2D eigenvalue weighted by Crippen LogP contribution is -2.12. The first-order chi connectivity index (χ1) is 10.1. The second kappa shape index (κ2) is 6.62. The van der Waals surface area contributed by atoms with Gasteiger partial charge in [0, 0.05) is 6.54 Å². The Morgan fingerprint density at radius 1 is 1.29 bits per heavy atom. The number of hydrazine groups is 1. The zero-order valence-corrected chi connectivity index (χ0v) is 11.0. The molecule has 0 aliphatic heterocycles. The van der Waals surface area contributed by atoms with Crippen LogP contribution < -0.4 is 16.6 Å². The lowest BCUT2D eigenvalue weighted by molar-refractivity contribution is -0.384. The molecule has 1 aromatic carbocycles. The van der Waals surface area contributed by atoms with E-state index in [9.17, 15) is 14.5 Å². The predicted octanol–water partition coefficient (Wildman–Crippen LogP) is 2.07. The van der Waals surface area contributed by atoms with Gasteiger partial charge in [0.15, 0.2) is 0 Å². The first kappa shape index (κ1) is 14.7. The van der Waals surface area contributed by atoms with Crippen LogP contribution in [0.4, 0.5) is 21.7 Å². The largest absolute Gasteiger partial charge is 0.369 e. The van der Waals surface area contributed by atoms with Crippen LogP contribution in [0.5, 0.6) is 0 Å². The minimum absolute atomic E-state index is 0.133. The second-order valence-corrected chi connectivity index (χ2v) is 4.27. The monoisotopic (exact) mass is 291 g/mol. The van der Waals surface area contributed by atoms with Crippen LogP contribution in [0.1, 0.15) is 5.56 Å². The van der Waals surface area contributed by atoms with Crippen molar-refractivity contribution in [2.75, 3.05) is 17.3 Å². The van der Waals surface area contributed by atoms with Crippen LogP contribution >= 0.6 is 0 Å². The van der Waals surface area contributed by atoms with E-state index in [0.29, 0.717) is 24.3 Å². The zero-order valence-electron chi connectivity index (χ0n) is 11.0. The Balaban J connectivity index is 2.04. The van der Waals surface area contributed by atoms with Crippen LogP contribution in [0.2, 0.25) is 0 Å². The second-order valence-electron chi connectivity index (χ2n) is 4.27. The minimum atomic E-state index is -0.537. The highest BCUT2D eigenvalue weighted by atomic mass is 19.1. The maximum atomic E-state index is 13.4. The average molecular weight is 291 g/mol. The van der Waals surface area contributed by atoms with Crippen molar-refractivity contribution in [2.24, 2.45) is 5.84 Å². The molecule has 0 aliphatic rings. The van der Waals surface area contributed by atoms with E-state index in [4.69, 9.17) is 5.84 Å². The summed E-state index contributed by atoms with van der Waals surface area (Å²) in [7, 11) is 0. The van der Waals surface area contributed by atoms with E-state index in [-0.39, 0.29) is 17.3 Å². The van der Waals surface area contributed by atoms with Gasteiger partial charge < -0.3 is 10.7 Å². The summed E-state index contributed by atoms with van der Waals surface area (Å²) in [5.74, 6) is 5.41. The number of nitro groups is 1. The summed E-state index contributed by atoms with van der Waals surface area (Å²) < 4.78 is 13.4. The molecule has 0 bridgehead atoms. The maximum absolute atomic E-state index is 13.4. The smallest absolute Gasteiger partial charge is 0.276 e. The number of halogens is 1. The standard InChI is InChI=1S/C13H14FN5O2/c14-11-4-2-1-3-9(11)5-6-16-12-7-10(19(20)21)8-13(17-12)18-15/h1-4,7-8H,5-6,15H2,(H2,16,17,18). The van der Waals surface area contributed by atoms with Gasteiger partial charge in [-0.1, -0.05) is 18.2 Å². The quantitative estimate of drug-likeness (QED) is 0.427. The van der Waals surface area contributed by atoms with Gasteiger partial charge in [-0.3, -0.25) is 10.1 Å². The molecule has 4 N–H and O–H groups in total. The van der Waals surface area contributed by atoms with Crippen molar-refractivity contribution in [1.82, 2.24) is 4.98 Å². The number of aromatic nitrogens is 1. The zero-order chi connectivity index (χ0) is 15.2. The molecule has 0 saturated heterocycles. The third kappa shape index (κ3) is 3.86. The van der Waals surface area contributed by atoms with Crippen LogP contribution in [0, 0.1) is 15.9 Å². The molecule has 1 heterocycles. The Morgan fingerprint density at radius 2 is 2.00 bits per heavy atom. The Kier molecular flexibility index (Phi) is 4.62. The molecule has 0 atom stereocenters. The third-order valence-corrected chi connectivity index (χ3v) is 2.83. The molecule has 8 heteroatoms. The minimum Gasteiger partial charge on any atom is -0.369 e. The van der Waals surface area contributed by atoms with Crippen LogP contribution in [-0.2, 0) is 6.42 Å². The fraction of sp³-hybridized carbons (Fsp3) is 0.154. The molecular weight excluding hydrogens is 277 g/mol. The highest BCUT2D eigenvalue weighted by Gasteiger charge is 2.10. The highest BCUT2D eigenvalue weighted by molar-refractivity contribution is 5.54. The molecule has 0 amide bonds. The van der Waals surface area contributed by atoms with Gasteiger partial charge in [0.2, 0.25) is 0 Å². The van der Waals surface area contributed by atoms with Crippen LogP contribution in [0.3, 0.4) is 0 Å². The van der Waals surface area contributed by atoms with Gasteiger partial charge in [-0.15, -0.1) is 0 Å². The number of anilines is 2. The van der Waals surface area contributed by atoms with Crippen molar-refractivity contribution in [3.8, 4) is 0 Å². The van der Waals surface area contributed by atoms with Crippen molar-refractivity contribution >= 4 is 17.3 Å². The molecule has 0 unspecified atom stereocenters. The topological polar surface area (TPSA) is 106 Å². The summed E-state index contributed by atoms with van der Waals surface area (Å²) in [5.41, 5.74) is 2.69. The summed E-state index contributed by atoms with van der Waals surface area (Å²) in [6.45, 7) is 0.388. The molecule has 1 aromatic heterocycles. The molecule has 21 heavy (non-hydrogen) atoms. The number of hydrogen-bond acceptors (Lipinski definition) is 6. The van der Waals surface area contributed by atoms with E-state index >= 15 is 0 Å². The number of nitrogen functional groups attached to an aromatic ring is 1. The molecule has 0 aliphatic carbocycles. The number of pyridine rings is 1. The molecule has 0 saturated carbocycles. The molecule has 0 spiro atoms. The van der Waals surface area contributed by atoms with Crippen LogP contribution in [-0.4, -0.2) is 16.5 Å². The molecular formula is C13H14FN5O2. The predicted molar refractivity (Wildman–Crippen MR) is 77.3 cm³/mol. The third-order valence-electron chi connectivity index (χ3n) is 2.83. The summed E-state index contributed by atoms with van der Waals surface area (Å²) >= 11 is 0. The molecule has 110 valence electrons. The van der Waals surface area contributed by atoms with E-state index in [0.717, 1.165) is 0 Å². The first-order valence-electron chi connectivity index (χ1n) is 6.20. The van der Waals surface area contributed by atoms with Gasteiger partial charge in [0.25, 0.3) is 5.69 Å². The number of benzene rings is 1. The molecule has 0 radical (unpaired) electrons. The SMILES string of the molecule is NNc1cc([N+](=O)[O-])cc(NCCc2ccccc2F)n1. The van der Waals surface area contributed by atoms with Crippen molar-refractivity contribution in [2.45, 2.75) is 6.42 Å².